The van der Waals surface area contributed by atoms with Crippen molar-refractivity contribution >= 4 is 27.3 Å². The minimum absolute atomic E-state index is 0.213. The van der Waals surface area contributed by atoms with Gasteiger partial charge in [-0.3, -0.25) is 4.72 Å². The van der Waals surface area contributed by atoms with Crippen molar-refractivity contribution in [3.05, 3.63) is 58.6 Å². The Morgan fingerprint density at radius 1 is 1.09 bits per heavy atom. The van der Waals surface area contributed by atoms with Crippen LogP contribution in [0.3, 0.4) is 0 Å². The third-order valence-electron chi connectivity index (χ3n) is 2.92. The van der Waals surface area contributed by atoms with E-state index >= 15 is 0 Å². The number of benzene rings is 2. The molecule has 0 atom stereocenters. The van der Waals surface area contributed by atoms with Gasteiger partial charge in [0.1, 0.15) is 0 Å². The van der Waals surface area contributed by atoms with E-state index in [0.717, 1.165) is 18.2 Å². The van der Waals surface area contributed by atoms with E-state index in [9.17, 15) is 21.6 Å². The van der Waals surface area contributed by atoms with E-state index in [1.807, 2.05) is 0 Å². The van der Waals surface area contributed by atoms with E-state index in [2.05, 4.69) is 4.72 Å². The molecule has 0 aromatic heterocycles. The Hall–Kier alpha value is -1.73. The first-order valence-electron chi connectivity index (χ1n) is 6.06. The van der Waals surface area contributed by atoms with Crippen LogP contribution < -0.4 is 4.72 Å². The molecule has 2 rings (SSSR count). The average Bonchev–Trinajstić information content (AvgIpc) is 2.42. The lowest BCUT2D eigenvalue weighted by atomic mass is 10.2. The van der Waals surface area contributed by atoms with Crippen LogP contribution in [-0.2, 0) is 16.2 Å². The van der Waals surface area contributed by atoms with E-state index in [4.69, 9.17) is 11.6 Å². The third-order valence-corrected chi connectivity index (χ3v) is 4.51. The lowest BCUT2D eigenvalue weighted by Crippen LogP contribution is -2.15. The third kappa shape index (κ3) is 3.72. The predicted molar refractivity (Wildman–Crippen MR) is 78.4 cm³/mol. The van der Waals surface area contributed by atoms with E-state index < -0.39 is 26.7 Å². The Morgan fingerprint density at radius 2 is 1.77 bits per heavy atom. The van der Waals surface area contributed by atoms with Crippen LogP contribution in [0.25, 0.3) is 0 Å². The molecule has 0 aliphatic heterocycles. The molecule has 0 heterocycles. The van der Waals surface area contributed by atoms with Crippen LogP contribution in [-0.4, -0.2) is 8.42 Å². The molecule has 0 saturated carbocycles. The Bertz CT molecular complexity index is 804. The van der Waals surface area contributed by atoms with Gasteiger partial charge in [-0.05, 0) is 42.8 Å². The maximum Gasteiger partial charge on any atom is 0.416 e. The van der Waals surface area contributed by atoms with Gasteiger partial charge in [-0.2, -0.15) is 13.2 Å². The highest BCUT2D eigenvalue weighted by Crippen LogP contribution is 2.31. The molecule has 0 spiro atoms. The first-order valence-corrected chi connectivity index (χ1v) is 7.92. The summed E-state index contributed by atoms with van der Waals surface area (Å²) in [7, 11) is -4.14. The number of nitrogens with one attached hydrogen (secondary N) is 1. The summed E-state index contributed by atoms with van der Waals surface area (Å²) in [5.74, 6) is 0. The largest absolute Gasteiger partial charge is 0.416 e. The summed E-state index contributed by atoms with van der Waals surface area (Å²) in [5, 5.41) is 0.312. The number of alkyl halides is 3. The first-order chi connectivity index (χ1) is 10.1. The summed E-state index contributed by atoms with van der Waals surface area (Å²) in [5.41, 5.74) is -0.219. The van der Waals surface area contributed by atoms with Crippen LogP contribution in [0.2, 0.25) is 5.02 Å². The number of hydrogen-bond donors (Lipinski definition) is 1. The van der Waals surface area contributed by atoms with Gasteiger partial charge >= 0.3 is 6.18 Å². The van der Waals surface area contributed by atoms with Crippen molar-refractivity contribution in [1.29, 1.82) is 0 Å². The summed E-state index contributed by atoms with van der Waals surface area (Å²) in [4.78, 5) is -0.471. The fourth-order valence-corrected chi connectivity index (χ4v) is 3.09. The summed E-state index contributed by atoms with van der Waals surface area (Å²) in [6, 6.07) is 8.11. The minimum atomic E-state index is -4.61. The zero-order chi connectivity index (χ0) is 16.5. The number of halogens is 4. The molecule has 2 aromatic carbocycles. The second kappa shape index (κ2) is 5.81. The molecule has 118 valence electrons. The molecule has 0 fully saturated rings. The highest BCUT2D eigenvalue weighted by Gasteiger charge is 2.31. The smallest absolute Gasteiger partial charge is 0.279 e. The van der Waals surface area contributed by atoms with Gasteiger partial charge < -0.3 is 0 Å². The number of anilines is 1. The Kier molecular flexibility index (Phi) is 4.39. The van der Waals surface area contributed by atoms with Crippen LogP contribution in [0.4, 0.5) is 18.9 Å². The van der Waals surface area contributed by atoms with Gasteiger partial charge in [-0.1, -0.05) is 23.7 Å². The SMILES string of the molecule is Cc1ccc(Cl)cc1NS(=O)(=O)c1cccc(C(F)(F)F)c1. The van der Waals surface area contributed by atoms with Crippen LogP contribution in [0.5, 0.6) is 0 Å². The van der Waals surface area contributed by atoms with Gasteiger partial charge in [-0.25, -0.2) is 8.42 Å². The molecule has 0 radical (unpaired) electrons. The maximum absolute atomic E-state index is 12.7. The number of aryl methyl sites for hydroxylation is 1. The number of hydrogen-bond acceptors (Lipinski definition) is 2. The van der Waals surface area contributed by atoms with Crippen molar-refractivity contribution in [2.45, 2.75) is 18.0 Å². The molecule has 0 amide bonds. The van der Waals surface area contributed by atoms with E-state index in [0.29, 0.717) is 16.7 Å². The molecule has 2 aromatic rings. The second-order valence-electron chi connectivity index (χ2n) is 4.59. The zero-order valence-electron chi connectivity index (χ0n) is 11.3. The molecule has 22 heavy (non-hydrogen) atoms. The standard InChI is InChI=1S/C14H11ClF3NO2S/c1-9-5-6-11(15)8-13(9)19-22(20,21)12-4-2-3-10(7-12)14(16,17)18/h2-8,19H,1H3. The van der Waals surface area contributed by atoms with Gasteiger partial charge in [-0.15, -0.1) is 0 Å². The Morgan fingerprint density at radius 3 is 2.41 bits per heavy atom. The molecular formula is C14H11ClF3NO2S. The van der Waals surface area contributed by atoms with Gasteiger partial charge in [0.05, 0.1) is 16.1 Å². The molecule has 0 aliphatic rings. The van der Waals surface area contributed by atoms with Crippen molar-refractivity contribution in [3.63, 3.8) is 0 Å². The van der Waals surface area contributed by atoms with Crippen LogP contribution >= 0.6 is 11.6 Å². The summed E-state index contributed by atoms with van der Waals surface area (Å²) >= 11 is 5.79. The lowest BCUT2D eigenvalue weighted by molar-refractivity contribution is -0.137. The van der Waals surface area contributed by atoms with Gasteiger partial charge in [0.25, 0.3) is 10.0 Å². The van der Waals surface area contributed by atoms with E-state index in [1.165, 1.54) is 6.07 Å². The van der Waals surface area contributed by atoms with E-state index in [-0.39, 0.29) is 5.69 Å². The zero-order valence-corrected chi connectivity index (χ0v) is 12.9. The van der Waals surface area contributed by atoms with Gasteiger partial charge in [0.2, 0.25) is 0 Å². The number of rotatable bonds is 3. The Labute approximate surface area is 130 Å². The van der Waals surface area contributed by atoms with Crippen LogP contribution in [0.1, 0.15) is 11.1 Å². The fraction of sp³-hybridized carbons (Fsp3) is 0.143. The topological polar surface area (TPSA) is 46.2 Å². The monoisotopic (exact) mass is 349 g/mol. The molecule has 8 heteroatoms. The molecule has 0 saturated heterocycles. The highest BCUT2D eigenvalue weighted by molar-refractivity contribution is 7.92. The molecule has 3 nitrogen and oxygen atoms in total. The molecule has 1 N–H and O–H groups in total. The quantitative estimate of drug-likeness (QED) is 0.888. The highest BCUT2D eigenvalue weighted by atomic mass is 35.5. The predicted octanol–water partition coefficient (Wildman–Crippen LogP) is 4.47. The van der Waals surface area contributed by atoms with E-state index in [1.54, 1.807) is 19.1 Å². The van der Waals surface area contributed by atoms with Crippen molar-refractivity contribution in [2.24, 2.45) is 0 Å². The fourth-order valence-electron chi connectivity index (χ4n) is 1.75. The van der Waals surface area contributed by atoms with Crippen molar-refractivity contribution in [1.82, 2.24) is 0 Å². The maximum atomic E-state index is 12.7. The summed E-state index contributed by atoms with van der Waals surface area (Å²) < 4.78 is 64.7. The van der Waals surface area contributed by atoms with Gasteiger partial charge in [0.15, 0.2) is 0 Å². The van der Waals surface area contributed by atoms with Gasteiger partial charge in [0, 0.05) is 5.02 Å². The summed E-state index contributed by atoms with van der Waals surface area (Å²) in [6.45, 7) is 1.65. The minimum Gasteiger partial charge on any atom is -0.279 e. The van der Waals surface area contributed by atoms with Crippen molar-refractivity contribution in [2.75, 3.05) is 4.72 Å². The van der Waals surface area contributed by atoms with Crippen LogP contribution in [0.15, 0.2) is 47.4 Å². The second-order valence-corrected chi connectivity index (χ2v) is 6.71. The molecular weight excluding hydrogens is 339 g/mol. The first kappa shape index (κ1) is 16.6. The normalized spacial score (nSPS) is 12.2. The lowest BCUT2D eigenvalue weighted by Gasteiger charge is -2.12. The number of sulfonamides is 1. The van der Waals surface area contributed by atoms with Crippen molar-refractivity contribution < 1.29 is 21.6 Å². The molecule has 0 aliphatic carbocycles. The van der Waals surface area contributed by atoms with Crippen molar-refractivity contribution in [3.8, 4) is 0 Å². The molecule has 0 bridgehead atoms. The van der Waals surface area contributed by atoms with Crippen LogP contribution in [0, 0.1) is 6.92 Å². The average molecular weight is 350 g/mol. The summed E-state index contributed by atoms with van der Waals surface area (Å²) in [6.07, 6.45) is -4.61. The molecule has 0 unspecified atom stereocenters. The Balaban J connectivity index is 2.41.